The lowest BCUT2D eigenvalue weighted by Gasteiger charge is -2.17. The smallest absolute Gasteiger partial charge is 0.251 e. The van der Waals surface area contributed by atoms with Gasteiger partial charge in [0.15, 0.2) is 0 Å². The Morgan fingerprint density at radius 2 is 1.88 bits per heavy atom. The molecule has 3 rings (SSSR count). The Hall–Kier alpha value is -1.86. The van der Waals surface area contributed by atoms with Gasteiger partial charge in [0, 0.05) is 16.6 Å². The largest absolute Gasteiger partial charge is 0.346 e. The van der Waals surface area contributed by atoms with E-state index in [0.29, 0.717) is 24.2 Å². The molecule has 0 aromatic heterocycles. The van der Waals surface area contributed by atoms with Crippen molar-refractivity contribution in [3.8, 4) is 0 Å². The van der Waals surface area contributed by atoms with Crippen molar-refractivity contribution in [1.82, 2.24) is 5.32 Å². The maximum atomic E-state index is 12.5. The first-order chi connectivity index (χ1) is 11.8. The van der Waals surface area contributed by atoms with E-state index in [9.17, 15) is 13.2 Å². The van der Waals surface area contributed by atoms with Crippen LogP contribution in [0.3, 0.4) is 0 Å². The summed E-state index contributed by atoms with van der Waals surface area (Å²) in [7, 11) is -3.28. The number of hydrogen-bond donors (Lipinski definition) is 1. The van der Waals surface area contributed by atoms with E-state index in [1.54, 1.807) is 18.2 Å². The highest BCUT2D eigenvalue weighted by molar-refractivity contribution is 9.10. The van der Waals surface area contributed by atoms with E-state index >= 15 is 0 Å². The molecule has 25 heavy (non-hydrogen) atoms. The number of amides is 1. The van der Waals surface area contributed by atoms with Gasteiger partial charge >= 0.3 is 0 Å². The molecule has 0 bridgehead atoms. The van der Waals surface area contributed by atoms with Crippen molar-refractivity contribution >= 4 is 37.5 Å². The number of benzene rings is 2. The van der Waals surface area contributed by atoms with Gasteiger partial charge in [-0.15, -0.1) is 0 Å². The van der Waals surface area contributed by atoms with Crippen LogP contribution in [0.5, 0.6) is 0 Å². The molecule has 7 heteroatoms. The molecule has 1 aliphatic heterocycles. The highest BCUT2D eigenvalue weighted by Crippen LogP contribution is 2.30. The molecule has 2 aromatic rings. The van der Waals surface area contributed by atoms with Crippen LogP contribution in [0.15, 0.2) is 46.9 Å². The van der Waals surface area contributed by atoms with E-state index < -0.39 is 10.0 Å². The number of hydrogen-bond acceptors (Lipinski definition) is 3. The molecule has 1 atom stereocenters. The second-order valence-corrected chi connectivity index (χ2v) is 9.00. The van der Waals surface area contributed by atoms with Gasteiger partial charge in [-0.05, 0) is 54.8 Å². The molecule has 1 unspecified atom stereocenters. The van der Waals surface area contributed by atoms with E-state index in [-0.39, 0.29) is 11.9 Å². The molecule has 0 spiro atoms. The van der Waals surface area contributed by atoms with Crippen LogP contribution in [0.4, 0.5) is 5.69 Å². The van der Waals surface area contributed by atoms with E-state index in [4.69, 9.17) is 0 Å². The topological polar surface area (TPSA) is 66.5 Å². The first-order valence-corrected chi connectivity index (χ1v) is 10.6. The molecule has 1 N–H and O–H groups in total. The minimum absolute atomic E-state index is 0.124. The highest BCUT2D eigenvalue weighted by Gasteiger charge is 2.26. The molecule has 0 saturated heterocycles. The maximum absolute atomic E-state index is 12.5. The van der Waals surface area contributed by atoms with Gasteiger partial charge in [-0.2, -0.15) is 0 Å². The predicted molar refractivity (Wildman–Crippen MR) is 102 cm³/mol. The molecule has 0 saturated carbocycles. The van der Waals surface area contributed by atoms with E-state index in [0.717, 1.165) is 15.6 Å². The second kappa shape index (κ2) is 6.80. The summed E-state index contributed by atoms with van der Waals surface area (Å²) in [6.07, 6.45) is 1.81. The summed E-state index contributed by atoms with van der Waals surface area (Å²) in [5.74, 6) is -0.170. The van der Waals surface area contributed by atoms with Gasteiger partial charge in [-0.1, -0.05) is 28.1 Å². The van der Waals surface area contributed by atoms with Crippen molar-refractivity contribution in [3.63, 3.8) is 0 Å². The van der Waals surface area contributed by atoms with Gasteiger partial charge in [0.05, 0.1) is 18.0 Å². The fraction of sp³-hybridized carbons (Fsp3) is 0.278. The number of fused-ring (bicyclic) bond motifs is 1. The van der Waals surface area contributed by atoms with Gasteiger partial charge in [-0.3, -0.25) is 9.10 Å². The van der Waals surface area contributed by atoms with Crippen molar-refractivity contribution in [2.75, 3.05) is 17.1 Å². The van der Waals surface area contributed by atoms with Crippen LogP contribution in [-0.4, -0.2) is 27.1 Å². The molecule has 0 aliphatic carbocycles. The quantitative estimate of drug-likeness (QED) is 0.821. The summed E-state index contributed by atoms with van der Waals surface area (Å²) in [6.45, 7) is 2.36. The Kier molecular flexibility index (Phi) is 4.88. The summed E-state index contributed by atoms with van der Waals surface area (Å²) in [4.78, 5) is 12.5. The van der Waals surface area contributed by atoms with Crippen LogP contribution < -0.4 is 9.62 Å². The van der Waals surface area contributed by atoms with Crippen LogP contribution in [0.2, 0.25) is 0 Å². The third kappa shape index (κ3) is 3.88. The van der Waals surface area contributed by atoms with Crippen molar-refractivity contribution < 1.29 is 13.2 Å². The molecular formula is C18H19BrN2O3S. The Balaban J connectivity index is 1.77. The van der Waals surface area contributed by atoms with Gasteiger partial charge < -0.3 is 5.32 Å². The maximum Gasteiger partial charge on any atom is 0.251 e. The van der Waals surface area contributed by atoms with Crippen molar-refractivity contribution in [2.45, 2.75) is 19.4 Å². The molecular weight excluding hydrogens is 404 g/mol. The van der Waals surface area contributed by atoms with Crippen molar-refractivity contribution in [1.29, 1.82) is 0 Å². The van der Waals surface area contributed by atoms with Crippen molar-refractivity contribution in [2.24, 2.45) is 0 Å². The SMILES string of the molecule is CC(NC(=O)c1ccc2c(c1)CCN2S(C)(=O)=O)c1ccc(Br)cc1. The van der Waals surface area contributed by atoms with Crippen LogP contribution >= 0.6 is 15.9 Å². The average molecular weight is 423 g/mol. The Morgan fingerprint density at radius 1 is 1.20 bits per heavy atom. The molecule has 1 aliphatic rings. The normalized spacial score (nSPS) is 14.9. The molecule has 1 heterocycles. The summed E-state index contributed by atoms with van der Waals surface area (Å²) >= 11 is 3.40. The third-order valence-corrected chi connectivity index (χ3v) is 6.02. The summed E-state index contributed by atoms with van der Waals surface area (Å²) in [6, 6.07) is 12.8. The van der Waals surface area contributed by atoms with Crippen LogP contribution in [0.1, 0.15) is 34.5 Å². The predicted octanol–water partition coefficient (Wildman–Crippen LogP) is 3.26. The van der Waals surface area contributed by atoms with Crippen LogP contribution in [-0.2, 0) is 16.4 Å². The monoisotopic (exact) mass is 422 g/mol. The average Bonchev–Trinajstić information content (AvgIpc) is 2.98. The number of carbonyl (C=O) groups excluding carboxylic acids is 1. The lowest BCUT2D eigenvalue weighted by Crippen LogP contribution is -2.28. The molecule has 1 amide bonds. The highest BCUT2D eigenvalue weighted by atomic mass is 79.9. The second-order valence-electron chi connectivity index (χ2n) is 6.18. The van der Waals surface area contributed by atoms with Crippen molar-refractivity contribution in [3.05, 3.63) is 63.6 Å². The number of anilines is 1. The fourth-order valence-corrected chi connectivity index (χ4v) is 4.19. The van der Waals surface area contributed by atoms with Gasteiger partial charge in [0.25, 0.3) is 5.91 Å². The first kappa shape index (κ1) is 17.9. The van der Waals surface area contributed by atoms with Crippen LogP contribution in [0, 0.1) is 0 Å². The zero-order chi connectivity index (χ0) is 18.2. The number of halogens is 1. The Labute approximate surface area is 156 Å². The standard InChI is InChI=1S/C18H19BrN2O3S/c1-12(13-3-6-16(19)7-4-13)20-18(22)15-5-8-17-14(11-15)9-10-21(17)25(2,23)24/h3-8,11-12H,9-10H2,1-2H3,(H,20,22). The molecule has 0 radical (unpaired) electrons. The third-order valence-electron chi connectivity index (χ3n) is 4.31. The van der Waals surface area contributed by atoms with Gasteiger partial charge in [0.1, 0.15) is 0 Å². The van der Waals surface area contributed by atoms with E-state index in [1.165, 1.54) is 10.6 Å². The fourth-order valence-electron chi connectivity index (χ4n) is 2.97. The minimum atomic E-state index is -3.28. The zero-order valence-electron chi connectivity index (χ0n) is 14.0. The van der Waals surface area contributed by atoms with Gasteiger partial charge in [0.2, 0.25) is 10.0 Å². The summed E-state index contributed by atoms with van der Waals surface area (Å²) in [5.41, 5.74) is 3.11. The summed E-state index contributed by atoms with van der Waals surface area (Å²) in [5, 5.41) is 2.98. The number of carbonyl (C=O) groups is 1. The number of rotatable bonds is 4. The first-order valence-electron chi connectivity index (χ1n) is 7.92. The van der Waals surface area contributed by atoms with E-state index in [2.05, 4.69) is 21.2 Å². The molecule has 0 fully saturated rings. The number of sulfonamides is 1. The Morgan fingerprint density at radius 3 is 2.52 bits per heavy atom. The lowest BCUT2D eigenvalue weighted by atomic mass is 10.1. The lowest BCUT2D eigenvalue weighted by molar-refractivity contribution is 0.0940. The van der Waals surface area contributed by atoms with Crippen LogP contribution in [0.25, 0.3) is 0 Å². The Bertz CT molecular complexity index is 910. The molecule has 5 nitrogen and oxygen atoms in total. The van der Waals surface area contributed by atoms with Gasteiger partial charge in [-0.25, -0.2) is 8.42 Å². The summed E-state index contributed by atoms with van der Waals surface area (Å²) < 4.78 is 25.9. The zero-order valence-corrected chi connectivity index (χ0v) is 16.4. The molecule has 2 aromatic carbocycles. The molecule has 132 valence electrons. The van der Waals surface area contributed by atoms with E-state index in [1.807, 2.05) is 31.2 Å². The number of nitrogens with one attached hydrogen (secondary N) is 1. The minimum Gasteiger partial charge on any atom is -0.346 e. The number of nitrogens with zero attached hydrogens (tertiary/aromatic N) is 1.